The van der Waals surface area contributed by atoms with Crippen molar-refractivity contribution in [3.63, 3.8) is 0 Å². The molecule has 2 N–H and O–H groups in total. The summed E-state index contributed by atoms with van der Waals surface area (Å²) >= 11 is 0. The van der Waals surface area contributed by atoms with Crippen LogP contribution in [0.25, 0.3) is 10.9 Å². The van der Waals surface area contributed by atoms with Crippen LogP contribution < -0.4 is 5.32 Å². The van der Waals surface area contributed by atoms with E-state index in [1.165, 1.54) is 5.39 Å². The van der Waals surface area contributed by atoms with E-state index in [4.69, 9.17) is 0 Å². The first-order valence-corrected chi connectivity index (χ1v) is 9.38. The van der Waals surface area contributed by atoms with Crippen LogP contribution in [0.4, 0.5) is 4.79 Å². The number of amides is 2. The molecule has 1 saturated heterocycles. The summed E-state index contributed by atoms with van der Waals surface area (Å²) in [5.74, 6) is 0. The van der Waals surface area contributed by atoms with Gasteiger partial charge >= 0.3 is 6.03 Å². The molecule has 0 spiro atoms. The summed E-state index contributed by atoms with van der Waals surface area (Å²) < 4.78 is 1.87. The van der Waals surface area contributed by atoms with Gasteiger partial charge in [0.25, 0.3) is 0 Å². The van der Waals surface area contributed by atoms with Gasteiger partial charge in [-0.25, -0.2) is 4.79 Å². The van der Waals surface area contributed by atoms with Crippen LogP contribution in [0.2, 0.25) is 0 Å². The average Bonchev–Trinajstić information content (AvgIpc) is 3.32. The number of aromatic nitrogens is 3. The minimum Gasteiger partial charge on any atom is -0.357 e. The smallest absolute Gasteiger partial charge is 0.318 e. The van der Waals surface area contributed by atoms with Gasteiger partial charge in [-0.05, 0) is 43.7 Å². The van der Waals surface area contributed by atoms with Gasteiger partial charge in [0.2, 0.25) is 0 Å². The zero-order valence-electron chi connectivity index (χ0n) is 15.1. The number of likely N-dealkylation sites (tertiary alicyclic amines) is 1. The fourth-order valence-corrected chi connectivity index (χ4v) is 3.72. The fourth-order valence-electron chi connectivity index (χ4n) is 3.72. The number of benzene rings is 1. The molecule has 0 aliphatic carbocycles. The van der Waals surface area contributed by atoms with Gasteiger partial charge in [0.05, 0.1) is 12.2 Å². The SMILES string of the molecule is CCn1cc(CNC(=O)N2CCCCC2c2cc3ccccc3[nH]2)cn1. The highest BCUT2D eigenvalue weighted by Crippen LogP contribution is 2.32. The van der Waals surface area contributed by atoms with Crippen LogP contribution in [0.15, 0.2) is 42.7 Å². The predicted octanol–water partition coefficient (Wildman–Crippen LogP) is 3.82. The molecule has 1 aromatic carbocycles. The Kier molecular flexibility index (Phi) is 4.65. The van der Waals surface area contributed by atoms with Gasteiger partial charge in [0, 0.05) is 42.6 Å². The molecule has 0 bridgehead atoms. The van der Waals surface area contributed by atoms with E-state index in [2.05, 4.69) is 33.6 Å². The maximum Gasteiger partial charge on any atom is 0.318 e. The maximum absolute atomic E-state index is 12.8. The first-order valence-electron chi connectivity index (χ1n) is 9.38. The molecule has 6 nitrogen and oxygen atoms in total. The number of fused-ring (bicyclic) bond motifs is 1. The van der Waals surface area contributed by atoms with E-state index in [0.717, 1.165) is 49.1 Å². The second-order valence-electron chi connectivity index (χ2n) is 6.88. The Hall–Kier alpha value is -2.76. The predicted molar refractivity (Wildman–Crippen MR) is 102 cm³/mol. The standard InChI is InChI=1S/C20H25N5O/c1-2-24-14-15(13-22-24)12-21-20(26)25-10-6-5-9-19(25)18-11-16-7-3-4-8-17(16)23-18/h3-4,7-8,11,13-14,19,23H,2,5-6,9-10,12H2,1H3,(H,21,26). The number of nitrogens with zero attached hydrogens (tertiary/aromatic N) is 3. The molecule has 1 atom stereocenters. The summed E-state index contributed by atoms with van der Waals surface area (Å²) in [6.07, 6.45) is 6.99. The number of piperidine rings is 1. The minimum absolute atomic E-state index is 0.00222. The van der Waals surface area contributed by atoms with Crippen molar-refractivity contribution in [3.05, 3.63) is 54.0 Å². The Balaban J connectivity index is 1.48. The lowest BCUT2D eigenvalue weighted by Crippen LogP contribution is -2.44. The van der Waals surface area contributed by atoms with Crippen molar-refractivity contribution in [2.45, 2.75) is 45.3 Å². The summed E-state index contributed by atoms with van der Waals surface area (Å²) in [5.41, 5.74) is 3.28. The van der Waals surface area contributed by atoms with Gasteiger partial charge in [-0.1, -0.05) is 18.2 Å². The number of para-hydroxylation sites is 1. The van der Waals surface area contributed by atoms with Crippen molar-refractivity contribution in [2.75, 3.05) is 6.54 Å². The molecule has 3 aromatic rings. The molecule has 26 heavy (non-hydrogen) atoms. The van der Waals surface area contributed by atoms with E-state index in [0.29, 0.717) is 6.54 Å². The lowest BCUT2D eigenvalue weighted by molar-refractivity contribution is 0.149. The quantitative estimate of drug-likeness (QED) is 0.750. The molecule has 2 amide bonds. The Labute approximate surface area is 153 Å². The maximum atomic E-state index is 12.8. The topological polar surface area (TPSA) is 66.0 Å². The second-order valence-corrected chi connectivity index (χ2v) is 6.88. The molecule has 1 aliphatic heterocycles. The third-order valence-electron chi connectivity index (χ3n) is 5.13. The van der Waals surface area contributed by atoms with Crippen molar-refractivity contribution >= 4 is 16.9 Å². The lowest BCUT2D eigenvalue weighted by Gasteiger charge is -2.35. The summed E-state index contributed by atoms with van der Waals surface area (Å²) in [5, 5.41) is 8.51. The van der Waals surface area contributed by atoms with Crippen LogP contribution >= 0.6 is 0 Å². The molecule has 0 saturated carbocycles. The van der Waals surface area contributed by atoms with E-state index in [9.17, 15) is 4.79 Å². The number of urea groups is 1. The van der Waals surface area contributed by atoms with Crippen LogP contribution in [0.5, 0.6) is 0 Å². The molecular formula is C20H25N5O. The minimum atomic E-state index is -0.00222. The van der Waals surface area contributed by atoms with Gasteiger partial charge in [-0.2, -0.15) is 5.10 Å². The highest BCUT2D eigenvalue weighted by Gasteiger charge is 2.29. The van der Waals surface area contributed by atoms with Crippen molar-refractivity contribution in [1.29, 1.82) is 0 Å². The Morgan fingerprint density at radius 1 is 1.35 bits per heavy atom. The highest BCUT2D eigenvalue weighted by molar-refractivity contribution is 5.81. The molecule has 6 heteroatoms. The molecule has 1 aliphatic rings. The van der Waals surface area contributed by atoms with Crippen molar-refractivity contribution in [2.24, 2.45) is 0 Å². The number of H-pyrrole nitrogens is 1. The molecule has 1 unspecified atom stereocenters. The number of aromatic amines is 1. The molecule has 0 radical (unpaired) electrons. The van der Waals surface area contributed by atoms with Crippen LogP contribution in [0, 0.1) is 0 Å². The van der Waals surface area contributed by atoms with E-state index >= 15 is 0 Å². The summed E-state index contributed by atoms with van der Waals surface area (Å²) in [7, 11) is 0. The third kappa shape index (κ3) is 3.31. The van der Waals surface area contributed by atoms with Crippen molar-refractivity contribution in [3.8, 4) is 0 Å². The third-order valence-corrected chi connectivity index (χ3v) is 5.13. The molecule has 4 rings (SSSR count). The fraction of sp³-hybridized carbons (Fsp3) is 0.400. The summed E-state index contributed by atoms with van der Waals surface area (Å²) in [6.45, 7) is 4.19. The molecule has 1 fully saturated rings. The molecular weight excluding hydrogens is 326 g/mol. The number of carbonyl (C=O) groups is 1. The van der Waals surface area contributed by atoms with Crippen LogP contribution in [0.3, 0.4) is 0 Å². The van der Waals surface area contributed by atoms with Crippen molar-refractivity contribution in [1.82, 2.24) is 25.0 Å². The number of rotatable bonds is 4. The van der Waals surface area contributed by atoms with E-state index in [1.807, 2.05) is 41.0 Å². The van der Waals surface area contributed by atoms with Gasteiger partial charge in [-0.3, -0.25) is 4.68 Å². The first kappa shape index (κ1) is 16.7. The van der Waals surface area contributed by atoms with Gasteiger partial charge in [0.15, 0.2) is 0 Å². The average molecular weight is 351 g/mol. The number of carbonyl (C=O) groups excluding carboxylic acids is 1. The van der Waals surface area contributed by atoms with Gasteiger partial charge in [0.1, 0.15) is 0 Å². The van der Waals surface area contributed by atoms with Crippen LogP contribution in [0.1, 0.15) is 43.5 Å². The first-order chi connectivity index (χ1) is 12.7. The number of hydrogen-bond donors (Lipinski definition) is 2. The van der Waals surface area contributed by atoms with E-state index < -0.39 is 0 Å². The Morgan fingerprint density at radius 3 is 3.04 bits per heavy atom. The molecule has 3 heterocycles. The molecule has 2 aromatic heterocycles. The van der Waals surface area contributed by atoms with Gasteiger partial charge < -0.3 is 15.2 Å². The van der Waals surface area contributed by atoms with Crippen LogP contribution in [-0.4, -0.2) is 32.2 Å². The second kappa shape index (κ2) is 7.23. The highest BCUT2D eigenvalue weighted by atomic mass is 16.2. The van der Waals surface area contributed by atoms with E-state index in [-0.39, 0.29) is 12.1 Å². The number of nitrogens with one attached hydrogen (secondary N) is 2. The number of hydrogen-bond acceptors (Lipinski definition) is 2. The van der Waals surface area contributed by atoms with E-state index in [1.54, 1.807) is 0 Å². The normalized spacial score (nSPS) is 17.6. The summed E-state index contributed by atoms with van der Waals surface area (Å²) in [4.78, 5) is 18.3. The number of aryl methyl sites for hydroxylation is 1. The summed E-state index contributed by atoms with van der Waals surface area (Å²) in [6, 6.07) is 10.5. The zero-order chi connectivity index (χ0) is 17.9. The molecule has 136 valence electrons. The van der Waals surface area contributed by atoms with Crippen LogP contribution in [-0.2, 0) is 13.1 Å². The van der Waals surface area contributed by atoms with Crippen molar-refractivity contribution < 1.29 is 4.79 Å². The largest absolute Gasteiger partial charge is 0.357 e. The Morgan fingerprint density at radius 2 is 2.23 bits per heavy atom. The van der Waals surface area contributed by atoms with Gasteiger partial charge in [-0.15, -0.1) is 0 Å². The zero-order valence-corrected chi connectivity index (χ0v) is 15.1. The monoisotopic (exact) mass is 351 g/mol. The lowest BCUT2D eigenvalue weighted by atomic mass is 9.99. The Bertz CT molecular complexity index is 863.